The summed E-state index contributed by atoms with van der Waals surface area (Å²) in [6, 6.07) is -0.347. The molecule has 0 spiro atoms. The summed E-state index contributed by atoms with van der Waals surface area (Å²) in [5.41, 5.74) is 0. The summed E-state index contributed by atoms with van der Waals surface area (Å²) in [5, 5.41) is 9.16. The van der Waals surface area contributed by atoms with Crippen LogP contribution in [0, 0.1) is 11.8 Å². The van der Waals surface area contributed by atoms with Gasteiger partial charge in [-0.3, -0.25) is 14.5 Å². The molecule has 1 saturated carbocycles. The maximum atomic E-state index is 11.3. The van der Waals surface area contributed by atoms with Crippen molar-refractivity contribution >= 4 is 11.8 Å². The first kappa shape index (κ1) is 10.6. The lowest BCUT2D eigenvalue weighted by atomic mass is 9.96. The molecule has 1 saturated heterocycles. The Bertz CT molecular complexity index is 286. The molecule has 4 nitrogen and oxygen atoms in total. The number of Topliss-reactive ketones (excluding diaryl/α,β-unsaturated/α-hetero) is 1. The Balaban J connectivity index is 2.02. The third-order valence-corrected chi connectivity index (χ3v) is 3.42. The average Bonchev–Trinajstić information content (AvgIpc) is 2.95. The molecule has 4 heteroatoms. The second-order valence-corrected chi connectivity index (χ2v) is 4.73. The van der Waals surface area contributed by atoms with Gasteiger partial charge in [0.15, 0.2) is 0 Å². The summed E-state index contributed by atoms with van der Waals surface area (Å²) in [6.07, 6.45) is 2.56. The number of hydrogen-bond acceptors (Lipinski definition) is 3. The number of carbonyl (C=O) groups is 2. The number of nitrogens with zero attached hydrogens (tertiary/aromatic N) is 1. The minimum absolute atomic E-state index is 0.000602. The molecule has 1 aliphatic carbocycles. The largest absolute Gasteiger partial charge is 0.480 e. The van der Waals surface area contributed by atoms with E-state index >= 15 is 0 Å². The highest BCUT2D eigenvalue weighted by Gasteiger charge is 2.42. The van der Waals surface area contributed by atoms with Crippen molar-refractivity contribution in [1.82, 2.24) is 4.90 Å². The molecule has 2 unspecified atom stereocenters. The van der Waals surface area contributed by atoms with Crippen LogP contribution in [-0.2, 0) is 9.59 Å². The Kier molecular flexibility index (Phi) is 2.78. The number of carboxylic acid groups (broad SMARTS) is 1. The Hall–Kier alpha value is -0.900. The molecule has 0 aromatic rings. The van der Waals surface area contributed by atoms with E-state index in [1.165, 1.54) is 0 Å². The molecular weight excluding hydrogens is 194 g/mol. The molecule has 2 fully saturated rings. The van der Waals surface area contributed by atoms with Crippen molar-refractivity contribution in [1.29, 1.82) is 0 Å². The summed E-state index contributed by atoms with van der Waals surface area (Å²) >= 11 is 0. The quantitative estimate of drug-likeness (QED) is 0.748. The molecule has 84 valence electrons. The van der Waals surface area contributed by atoms with E-state index in [4.69, 9.17) is 5.11 Å². The summed E-state index contributed by atoms with van der Waals surface area (Å²) in [6.45, 7) is 3.13. The van der Waals surface area contributed by atoms with E-state index in [0.717, 1.165) is 12.8 Å². The number of ketones is 1. The van der Waals surface area contributed by atoms with Gasteiger partial charge in [-0.25, -0.2) is 0 Å². The molecule has 0 bridgehead atoms. The summed E-state index contributed by atoms with van der Waals surface area (Å²) < 4.78 is 0. The zero-order chi connectivity index (χ0) is 11.0. The van der Waals surface area contributed by atoms with Crippen LogP contribution >= 0.6 is 0 Å². The number of aliphatic carboxylic acids is 1. The van der Waals surface area contributed by atoms with Crippen molar-refractivity contribution in [3.05, 3.63) is 0 Å². The van der Waals surface area contributed by atoms with E-state index in [9.17, 15) is 9.59 Å². The number of carbonyl (C=O) groups excluding carboxylic acids is 1. The SMILES string of the molecule is CC1CN(C(C(=O)O)C2CC2)CCC1=O. The van der Waals surface area contributed by atoms with Gasteiger partial charge in [-0.05, 0) is 18.8 Å². The maximum absolute atomic E-state index is 11.3. The molecule has 1 heterocycles. The van der Waals surface area contributed by atoms with Gasteiger partial charge in [0, 0.05) is 25.4 Å². The van der Waals surface area contributed by atoms with Crippen molar-refractivity contribution in [3.8, 4) is 0 Å². The fourth-order valence-corrected chi connectivity index (χ4v) is 2.37. The zero-order valence-electron chi connectivity index (χ0n) is 8.98. The fourth-order valence-electron chi connectivity index (χ4n) is 2.37. The standard InChI is InChI=1S/C11H17NO3/c1-7-6-12(5-4-9(7)13)10(11(14)15)8-2-3-8/h7-8,10H,2-6H2,1H3,(H,14,15). The fraction of sp³-hybridized carbons (Fsp3) is 0.818. The third kappa shape index (κ3) is 2.20. The van der Waals surface area contributed by atoms with Crippen molar-refractivity contribution in [2.75, 3.05) is 13.1 Å². The smallest absolute Gasteiger partial charge is 0.321 e. The lowest BCUT2D eigenvalue weighted by Crippen LogP contribution is -2.49. The molecule has 0 radical (unpaired) electrons. The van der Waals surface area contributed by atoms with Crippen LogP contribution in [-0.4, -0.2) is 40.9 Å². The van der Waals surface area contributed by atoms with Gasteiger partial charge in [-0.2, -0.15) is 0 Å². The van der Waals surface area contributed by atoms with Crippen LogP contribution in [0.2, 0.25) is 0 Å². The lowest BCUT2D eigenvalue weighted by molar-refractivity contribution is -0.146. The molecule has 2 aliphatic rings. The Morgan fingerprint density at radius 2 is 2.20 bits per heavy atom. The summed E-state index contributed by atoms with van der Waals surface area (Å²) in [5.74, 6) is -0.132. The van der Waals surface area contributed by atoms with Crippen molar-refractivity contribution in [3.63, 3.8) is 0 Å². The van der Waals surface area contributed by atoms with E-state index in [0.29, 0.717) is 25.4 Å². The van der Waals surface area contributed by atoms with E-state index in [1.54, 1.807) is 0 Å². The minimum atomic E-state index is -0.723. The molecule has 0 aromatic heterocycles. The van der Waals surface area contributed by atoms with Crippen LogP contribution in [0.3, 0.4) is 0 Å². The van der Waals surface area contributed by atoms with Gasteiger partial charge >= 0.3 is 5.97 Å². The van der Waals surface area contributed by atoms with Crippen LogP contribution in [0.5, 0.6) is 0 Å². The van der Waals surface area contributed by atoms with Crippen LogP contribution < -0.4 is 0 Å². The minimum Gasteiger partial charge on any atom is -0.480 e. The number of rotatable bonds is 3. The van der Waals surface area contributed by atoms with E-state index in [2.05, 4.69) is 0 Å². The first-order chi connectivity index (χ1) is 7.09. The van der Waals surface area contributed by atoms with Gasteiger partial charge in [-0.15, -0.1) is 0 Å². The van der Waals surface area contributed by atoms with Gasteiger partial charge in [0.1, 0.15) is 11.8 Å². The summed E-state index contributed by atoms with van der Waals surface area (Å²) in [4.78, 5) is 24.5. The third-order valence-electron chi connectivity index (χ3n) is 3.42. The van der Waals surface area contributed by atoms with Crippen molar-refractivity contribution in [2.45, 2.75) is 32.2 Å². The molecule has 2 rings (SSSR count). The molecule has 0 amide bonds. The highest BCUT2D eigenvalue weighted by Crippen LogP contribution is 2.36. The first-order valence-electron chi connectivity index (χ1n) is 5.59. The van der Waals surface area contributed by atoms with Crippen LogP contribution in [0.15, 0.2) is 0 Å². The average molecular weight is 211 g/mol. The zero-order valence-corrected chi connectivity index (χ0v) is 8.98. The first-order valence-corrected chi connectivity index (χ1v) is 5.59. The van der Waals surface area contributed by atoms with Crippen LogP contribution in [0.25, 0.3) is 0 Å². The Morgan fingerprint density at radius 1 is 1.53 bits per heavy atom. The van der Waals surface area contributed by atoms with Crippen LogP contribution in [0.4, 0.5) is 0 Å². The molecular formula is C11H17NO3. The van der Waals surface area contributed by atoms with Crippen molar-refractivity contribution in [2.24, 2.45) is 11.8 Å². The molecule has 2 atom stereocenters. The second kappa shape index (κ2) is 3.93. The maximum Gasteiger partial charge on any atom is 0.321 e. The summed E-state index contributed by atoms with van der Waals surface area (Å²) in [7, 11) is 0. The number of likely N-dealkylation sites (tertiary alicyclic amines) is 1. The normalized spacial score (nSPS) is 30.2. The molecule has 15 heavy (non-hydrogen) atoms. The predicted molar refractivity (Wildman–Crippen MR) is 54.5 cm³/mol. The number of piperidine rings is 1. The highest BCUT2D eigenvalue weighted by molar-refractivity contribution is 5.82. The van der Waals surface area contributed by atoms with Gasteiger partial charge in [-0.1, -0.05) is 6.92 Å². The number of carboxylic acids is 1. The molecule has 1 N–H and O–H groups in total. The highest BCUT2D eigenvalue weighted by atomic mass is 16.4. The Labute approximate surface area is 89.3 Å². The van der Waals surface area contributed by atoms with Gasteiger partial charge in [0.05, 0.1) is 0 Å². The molecule has 0 aromatic carbocycles. The lowest BCUT2D eigenvalue weighted by Gasteiger charge is -2.34. The monoisotopic (exact) mass is 211 g/mol. The Morgan fingerprint density at radius 3 is 2.67 bits per heavy atom. The van der Waals surface area contributed by atoms with Gasteiger partial charge in [0.25, 0.3) is 0 Å². The van der Waals surface area contributed by atoms with E-state index < -0.39 is 5.97 Å². The predicted octanol–water partition coefficient (Wildman–Crippen LogP) is 0.760. The topological polar surface area (TPSA) is 57.6 Å². The van der Waals surface area contributed by atoms with Crippen LogP contribution in [0.1, 0.15) is 26.2 Å². The van der Waals surface area contributed by atoms with Gasteiger partial charge < -0.3 is 5.11 Å². The van der Waals surface area contributed by atoms with E-state index in [1.807, 2.05) is 11.8 Å². The molecule has 1 aliphatic heterocycles. The number of hydrogen-bond donors (Lipinski definition) is 1. The second-order valence-electron chi connectivity index (χ2n) is 4.73. The van der Waals surface area contributed by atoms with E-state index in [-0.39, 0.29) is 17.7 Å². The van der Waals surface area contributed by atoms with Crippen molar-refractivity contribution < 1.29 is 14.7 Å². The van der Waals surface area contributed by atoms with Gasteiger partial charge in [0.2, 0.25) is 0 Å².